The van der Waals surface area contributed by atoms with Gasteiger partial charge in [-0.05, 0) is 82.9 Å². The first-order valence-corrected chi connectivity index (χ1v) is 12.7. The molecule has 0 N–H and O–H groups in total. The first kappa shape index (κ1) is 21.9. The van der Waals surface area contributed by atoms with E-state index in [0.29, 0.717) is 24.8 Å². The predicted octanol–water partition coefficient (Wildman–Crippen LogP) is 4.66. The van der Waals surface area contributed by atoms with Crippen molar-refractivity contribution in [3.8, 4) is 0 Å². The number of rotatable bonds is 8. The van der Waals surface area contributed by atoms with Gasteiger partial charge in [-0.3, -0.25) is 9.69 Å². The molecule has 4 aliphatic rings. The van der Waals surface area contributed by atoms with Crippen LogP contribution in [0.1, 0.15) is 69.8 Å². The fourth-order valence-corrected chi connectivity index (χ4v) is 6.43. The first-order valence-electron chi connectivity index (χ1n) is 12.7. The molecule has 4 fully saturated rings. The highest BCUT2D eigenvalue weighted by atomic mass is 16.2. The number of hydrogen-bond acceptors (Lipinski definition) is 3. The number of hydrogen-bond donors (Lipinski definition) is 0. The molecule has 32 heavy (non-hydrogen) atoms. The molecule has 2 amide bonds. The van der Waals surface area contributed by atoms with Gasteiger partial charge in [0.2, 0.25) is 0 Å². The summed E-state index contributed by atoms with van der Waals surface area (Å²) in [5.74, 6) is 1.48. The maximum absolute atomic E-state index is 13.5. The summed E-state index contributed by atoms with van der Waals surface area (Å²) in [6.07, 6.45) is 10.9. The van der Waals surface area contributed by atoms with Crippen LogP contribution in [0.4, 0.5) is 4.79 Å². The van der Waals surface area contributed by atoms with Gasteiger partial charge in [0.1, 0.15) is 0 Å². The number of Topliss-reactive ketones (excluding diaryl/α,β-unsaturated/α-hetero) is 1. The second kappa shape index (κ2) is 8.48. The summed E-state index contributed by atoms with van der Waals surface area (Å²) in [5, 5.41) is 0. The van der Waals surface area contributed by atoms with Gasteiger partial charge in [0.05, 0.1) is 12.1 Å². The van der Waals surface area contributed by atoms with Gasteiger partial charge in [0.15, 0.2) is 5.78 Å². The lowest BCUT2D eigenvalue weighted by molar-refractivity contribution is -0.119. The van der Waals surface area contributed by atoms with Crippen molar-refractivity contribution in [1.29, 1.82) is 0 Å². The van der Waals surface area contributed by atoms with Gasteiger partial charge in [-0.15, -0.1) is 0 Å². The topological polar surface area (TPSA) is 43.9 Å². The van der Waals surface area contributed by atoms with E-state index in [1.54, 1.807) is 0 Å². The molecule has 1 saturated heterocycles. The highest BCUT2D eigenvalue weighted by Crippen LogP contribution is 2.49. The minimum atomic E-state index is -0.110. The number of carbonyl (C=O) groups is 2. The molecule has 5 rings (SSSR count). The molecule has 1 aromatic rings. The largest absolute Gasteiger partial charge is 0.321 e. The number of ketones is 1. The van der Waals surface area contributed by atoms with Crippen molar-refractivity contribution < 1.29 is 9.59 Å². The molecular weight excluding hydrogens is 398 g/mol. The summed E-state index contributed by atoms with van der Waals surface area (Å²) in [7, 11) is 4.39. The monoisotopic (exact) mass is 437 g/mol. The average Bonchev–Trinajstić information content (AvgIpc) is 3.53. The Hall–Kier alpha value is -1.88. The smallest absolute Gasteiger partial charge is 0.317 e. The molecule has 5 nitrogen and oxygen atoms in total. The van der Waals surface area contributed by atoms with Gasteiger partial charge in [-0.2, -0.15) is 0 Å². The standard InChI is InChI=1S/C27H39N3O2/c1-28(2)27(23-9-4-3-5-10-23)15-13-26(14-16-27)20-29(19-24(31)17-21-11-12-21)25(32)30(26)18-22-7-6-8-22/h3-5,9-10,21-22H,6-8,11-20H2,1-2H3. The summed E-state index contributed by atoms with van der Waals surface area (Å²) < 4.78 is 0. The lowest BCUT2D eigenvalue weighted by Gasteiger charge is -2.51. The Morgan fingerprint density at radius 3 is 2.25 bits per heavy atom. The third-order valence-electron chi connectivity index (χ3n) is 8.98. The number of carbonyl (C=O) groups excluding carboxylic acids is 2. The van der Waals surface area contributed by atoms with Crippen LogP contribution >= 0.6 is 0 Å². The molecule has 1 heterocycles. The van der Waals surface area contributed by atoms with E-state index in [4.69, 9.17) is 0 Å². The number of urea groups is 1. The lowest BCUT2D eigenvalue weighted by atomic mass is 9.68. The van der Waals surface area contributed by atoms with Crippen molar-refractivity contribution in [1.82, 2.24) is 14.7 Å². The quantitative estimate of drug-likeness (QED) is 0.594. The number of benzene rings is 1. The number of amides is 2. The van der Waals surface area contributed by atoms with Crippen molar-refractivity contribution in [2.24, 2.45) is 11.8 Å². The zero-order valence-electron chi connectivity index (χ0n) is 19.9. The van der Waals surface area contributed by atoms with Gasteiger partial charge in [-0.1, -0.05) is 36.8 Å². The van der Waals surface area contributed by atoms with Gasteiger partial charge >= 0.3 is 6.03 Å². The first-order chi connectivity index (χ1) is 15.4. The Morgan fingerprint density at radius 2 is 1.69 bits per heavy atom. The Labute approximate surface area is 193 Å². The molecule has 1 aromatic carbocycles. The van der Waals surface area contributed by atoms with Crippen molar-refractivity contribution in [3.63, 3.8) is 0 Å². The molecule has 0 atom stereocenters. The SMILES string of the molecule is CN(C)C1(c2ccccc2)CCC2(CC1)CN(CC(=O)CC1CC1)C(=O)N2CC1CCC1. The Bertz CT molecular complexity index is 836. The maximum atomic E-state index is 13.5. The molecule has 0 unspecified atom stereocenters. The third-order valence-corrected chi connectivity index (χ3v) is 8.98. The van der Waals surface area contributed by atoms with Gasteiger partial charge in [0, 0.05) is 25.0 Å². The number of nitrogens with zero attached hydrogens (tertiary/aromatic N) is 3. The molecule has 1 spiro atoms. The fourth-order valence-electron chi connectivity index (χ4n) is 6.43. The predicted molar refractivity (Wildman–Crippen MR) is 126 cm³/mol. The summed E-state index contributed by atoms with van der Waals surface area (Å²) in [4.78, 5) is 32.7. The van der Waals surface area contributed by atoms with E-state index < -0.39 is 0 Å². The molecule has 3 aliphatic carbocycles. The minimum absolute atomic E-state index is 0.0207. The van der Waals surface area contributed by atoms with E-state index in [9.17, 15) is 9.59 Å². The van der Waals surface area contributed by atoms with E-state index in [1.807, 2.05) is 4.90 Å². The molecule has 5 heteroatoms. The van der Waals surface area contributed by atoms with Gasteiger partial charge in [0.25, 0.3) is 0 Å². The van der Waals surface area contributed by atoms with E-state index >= 15 is 0 Å². The highest BCUT2D eigenvalue weighted by molar-refractivity contribution is 5.87. The Kier molecular flexibility index (Phi) is 5.81. The summed E-state index contributed by atoms with van der Waals surface area (Å²) in [5.41, 5.74) is 1.29. The maximum Gasteiger partial charge on any atom is 0.321 e. The molecule has 174 valence electrons. The average molecular weight is 438 g/mol. The minimum Gasteiger partial charge on any atom is -0.317 e. The second-order valence-electron chi connectivity index (χ2n) is 11.2. The van der Waals surface area contributed by atoms with Crippen LogP contribution in [-0.2, 0) is 10.3 Å². The molecule has 0 bridgehead atoms. The molecule has 0 radical (unpaired) electrons. The van der Waals surface area contributed by atoms with E-state index in [1.165, 1.54) is 37.7 Å². The summed E-state index contributed by atoms with van der Waals surface area (Å²) in [6, 6.07) is 11.0. The van der Waals surface area contributed by atoms with Crippen LogP contribution in [-0.4, -0.2) is 65.8 Å². The zero-order chi connectivity index (χ0) is 22.3. The zero-order valence-corrected chi connectivity index (χ0v) is 19.9. The van der Waals surface area contributed by atoms with Crippen LogP contribution in [0.3, 0.4) is 0 Å². The fraction of sp³-hybridized carbons (Fsp3) is 0.704. The lowest BCUT2D eigenvalue weighted by Crippen LogP contribution is -2.56. The van der Waals surface area contributed by atoms with Crippen LogP contribution in [0.25, 0.3) is 0 Å². The van der Waals surface area contributed by atoms with Crippen molar-refractivity contribution in [3.05, 3.63) is 35.9 Å². The van der Waals surface area contributed by atoms with E-state index in [2.05, 4.69) is 54.2 Å². The third kappa shape index (κ3) is 3.98. The molecule has 0 aromatic heterocycles. The van der Waals surface area contributed by atoms with Crippen molar-refractivity contribution in [2.45, 2.75) is 75.3 Å². The van der Waals surface area contributed by atoms with Crippen LogP contribution < -0.4 is 0 Å². The summed E-state index contributed by atoms with van der Waals surface area (Å²) in [6.45, 7) is 1.93. The van der Waals surface area contributed by atoms with Gasteiger partial charge in [-0.25, -0.2) is 4.79 Å². The van der Waals surface area contributed by atoms with Crippen LogP contribution in [0.2, 0.25) is 0 Å². The molecular formula is C27H39N3O2. The Balaban J connectivity index is 1.35. The van der Waals surface area contributed by atoms with Crippen LogP contribution in [0, 0.1) is 11.8 Å². The normalized spacial score (nSPS) is 30.9. The Morgan fingerprint density at radius 1 is 1.00 bits per heavy atom. The molecule has 1 aliphatic heterocycles. The molecule has 3 saturated carbocycles. The second-order valence-corrected chi connectivity index (χ2v) is 11.2. The van der Waals surface area contributed by atoms with Gasteiger partial charge < -0.3 is 9.80 Å². The van der Waals surface area contributed by atoms with Crippen molar-refractivity contribution in [2.75, 3.05) is 33.7 Å². The summed E-state index contributed by atoms with van der Waals surface area (Å²) >= 11 is 0. The van der Waals surface area contributed by atoms with Crippen molar-refractivity contribution >= 4 is 11.8 Å². The van der Waals surface area contributed by atoms with E-state index in [0.717, 1.165) is 38.8 Å². The van der Waals surface area contributed by atoms with Crippen LogP contribution in [0.5, 0.6) is 0 Å². The van der Waals surface area contributed by atoms with Crippen LogP contribution in [0.15, 0.2) is 30.3 Å². The highest BCUT2D eigenvalue weighted by Gasteiger charge is 2.55. The van der Waals surface area contributed by atoms with E-state index in [-0.39, 0.29) is 22.9 Å².